The molecule has 1 atom stereocenters. The van der Waals surface area contributed by atoms with Crippen LogP contribution in [0.15, 0.2) is 17.2 Å². The summed E-state index contributed by atoms with van der Waals surface area (Å²) in [6.45, 7) is 3.21. The summed E-state index contributed by atoms with van der Waals surface area (Å²) in [4.78, 5) is 32.2. The predicted octanol–water partition coefficient (Wildman–Crippen LogP) is -0.392. The number of morpholine rings is 1. The van der Waals surface area contributed by atoms with Gasteiger partial charge in [0.2, 0.25) is 0 Å². The SMILES string of the molecule is Cn1cnc(N2CCOC(C(=O)N3CCCC3)C2)cc1=O. The van der Waals surface area contributed by atoms with Crippen molar-refractivity contribution in [3.8, 4) is 0 Å². The number of aromatic nitrogens is 2. The van der Waals surface area contributed by atoms with Crippen LogP contribution in [0.25, 0.3) is 0 Å². The average Bonchev–Trinajstić information content (AvgIpc) is 3.04. The van der Waals surface area contributed by atoms with Gasteiger partial charge >= 0.3 is 0 Å². The van der Waals surface area contributed by atoms with Crippen LogP contribution in [0, 0.1) is 0 Å². The fraction of sp³-hybridized carbons (Fsp3) is 0.643. The lowest BCUT2D eigenvalue weighted by atomic mass is 10.2. The van der Waals surface area contributed by atoms with E-state index in [0.717, 1.165) is 25.9 Å². The molecule has 3 heterocycles. The lowest BCUT2D eigenvalue weighted by molar-refractivity contribution is -0.143. The second kappa shape index (κ2) is 5.85. The summed E-state index contributed by atoms with van der Waals surface area (Å²) in [7, 11) is 1.66. The molecule has 2 aliphatic rings. The minimum atomic E-state index is -0.456. The van der Waals surface area contributed by atoms with E-state index in [1.165, 1.54) is 17.0 Å². The molecule has 0 aromatic carbocycles. The Bertz CT molecular complexity index is 580. The van der Waals surface area contributed by atoms with Crippen LogP contribution in [0.5, 0.6) is 0 Å². The number of likely N-dealkylation sites (tertiary alicyclic amines) is 1. The molecular weight excluding hydrogens is 272 g/mol. The van der Waals surface area contributed by atoms with Crippen molar-refractivity contribution in [3.05, 3.63) is 22.7 Å². The summed E-state index contributed by atoms with van der Waals surface area (Å²) < 4.78 is 7.04. The van der Waals surface area contributed by atoms with Crippen molar-refractivity contribution in [3.63, 3.8) is 0 Å². The van der Waals surface area contributed by atoms with Gasteiger partial charge in [-0.25, -0.2) is 4.98 Å². The van der Waals surface area contributed by atoms with Gasteiger partial charge in [0.15, 0.2) is 6.10 Å². The summed E-state index contributed by atoms with van der Waals surface area (Å²) >= 11 is 0. The Hall–Kier alpha value is -1.89. The van der Waals surface area contributed by atoms with Gasteiger partial charge in [-0.3, -0.25) is 9.59 Å². The molecular formula is C14H20N4O3. The first-order valence-electron chi connectivity index (χ1n) is 7.33. The smallest absolute Gasteiger partial charge is 0.255 e. The minimum Gasteiger partial charge on any atom is -0.365 e. The van der Waals surface area contributed by atoms with E-state index in [1.807, 2.05) is 9.80 Å². The van der Waals surface area contributed by atoms with E-state index in [2.05, 4.69) is 4.98 Å². The molecule has 0 radical (unpaired) electrons. The zero-order chi connectivity index (χ0) is 14.8. The maximum atomic E-state index is 12.4. The van der Waals surface area contributed by atoms with Crippen molar-refractivity contribution >= 4 is 11.7 Å². The first kappa shape index (κ1) is 14.1. The molecule has 1 aromatic rings. The number of nitrogens with zero attached hydrogens (tertiary/aromatic N) is 4. The molecule has 7 nitrogen and oxygen atoms in total. The Kier molecular flexibility index (Phi) is 3.92. The van der Waals surface area contributed by atoms with E-state index in [1.54, 1.807) is 7.05 Å². The molecule has 1 unspecified atom stereocenters. The van der Waals surface area contributed by atoms with Crippen LogP contribution in [-0.2, 0) is 16.6 Å². The van der Waals surface area contributed by atoms with Gasteiger partial charge in [-0.15, -0.1) is 0 Å². The summed E-state index contributed by atoms with van der Waals surface area (Å²) in [6.07, 6.45) is 3.18. The number of amides is 1. The van der Waals surface area contributed by atoms with Crippen LogP contribution >= 0.6 is 0 Å². The largest absolute Gasteiger partial charge is 0.365 e. The minimum absolute atomic E-state index is 0.0565. The van der Waals surface area contributed by atoms with Crippen LogP contribution in [0.3, 0.4) is 0 Å². The third-order valence-electron chi connectivity index (χ3n) is 4.05. The van der Waals surface area contributed by atoms with Gasteiger partial charge in [0.05, 0.1) is 19.5 Å². The van der Waals surface area contributed by atoms with E-state index in [4.69, 9.17) is 4.74 Å². The molecule has 114 valence electrons. The van der Waals surface area contributed by atoms with Crippen molar-refractivity contribution in [1.29, 1.82) is 0 Å². The molecule has 7 heteroatoms. The highest BCUT2D eigenvalue weighted by Gasteiger charge is 2.31. The van der Waals surface area contributed by atoms with Crippen molar-refractivity contribution in [2.24, 2.45) is 7.05 Å². The number of ether oxygens (including phenoxy) is 1. The van der Waals surface area contributed by atoms with E-state index in [-0.39, 0.29) is 11.5 Å². The fourth-order valence-electron chi connectivity index (χ4n) is 2.77. The van der Waals surface area contributed by atoms with E-state index in [0.29, 0.717) is 25.5 Å². The average molecular weight is 292 g/mol. The van der Waals surface area contributed by atoms with Gasteiger partial charge in [-0.05, 0) is 12.8 Å². The molecule has 2 aliphatic heterocycles. The van der Waals surface area contributed by atoms with Gasteiger partial charge in [0, 0.05) is 32.7 Å². The molecule has 2 saturated heterocycles. The van der Waals surface area contributed by atoms with Crippen molar-refractivity contribution in [1.82, 2.24) is 14.5 Å². The van der Waals surface area contributed by atoms with E-state index < -0.39 is 6.10 Å². The van der Waals surface area contributed by atoms with Gasteiger partial charge in [0.1, 0.15) is 5.82 Å². The van der Waals surface area contributed by atoms with E-state index >= 15 is 0 Å². The standard InChI is InChI=1S/C14H20N4O3/c1-16-10-15-12(8-13(16)19)18-6-7-21-11(9-18)14(20)17-4-2-3-5-17/h8,10-11H,2-7,9H2,1H3. The summed E-state index contributed by atoms with van der Waals surface area (Å²) in [6, 6.07) is 1.50. The number of rotatable bonds is 2. The molecule has 0 N–H and O–H groups in total. The highest BCUT2D eigenvalue weighted by atomic mass is 16.5. The predicted molar refractivity (Wildman–Crippen MR) is 77.2 cm³/mol. The molecule has 0 bridgehead atoms. The first-order valence-corrected chi connectivity index (χ1v) is 7.33. The maximum absolute atomic E-state index is 12.4. The van der Waals surface area contributed by atoms with Crippen LogP contribution in [-0.4, -0.2) is 59.2 Å². The second-order valence-corrected chi connectivity index (χ2v) is 5.53. The third kappa shape index (κ3) is 2.92. The van der Waals surface area contributed by atoms with Crippen molar-refractivity contribution in [2.75, 3.05) is 37.7 Å². The first-order chi connectivity index (χ1) is 10.1. The van der Waals surface area contributed by atoms with Crippen molar-refractivity contribution < 1.29 is 9.53 Å². The van der Waals surface area contributed by atoms with Crippen molar-refractivity contribution in [2.45, 2.75) is 18.9 Å². The lowest BCUT2D eigenvalue weighted by Crippen LogP contribution is -2.51. The zero-order valence-electron chi connectivity index (χ0n) is 12.2. The number of carbonyl (C=O) groups is 1. The highest BCUT2D eigenvalue weighted by Crippen LogP contribution is 2.17. The van der Waals surface area contributed by atoms with E-state index in [9.17, 15) is 9.59 Å². The Balaban J connectivity index is 1.71. The van der Waals surface area contributed by atoms with Crippen LogP contribution in [0.2, 0.25) is 0 Å². The maximum Gasteiger partial charge on any atom is 0.255 e. The number of aryl methyl sites for hydroxylation is 1. The summed E-state index contributed by atoms with van der Waals surface area (Å²) in [5, 5.41) is 0. The normalized spacial score (nSPS) is 22.6. The van der Waals surface area contributed by atoms with Gasteiger partial charge in [-0.1, -0.05) is 0 Å². The molecule has 0 spiro atoms. The molecule has 0 saturated carbocycles. The highest BCUT2D eigenvalue weighted by molar-refractivity contribution is 5.82. The molecule has 0 aliphatic carbocycles. The third-order valence-corrected chi connectivity index (χ3v) is 4.05. The zero-order valence-corrected chi connectivity index (χ0v) is 12.2. The Labute approximate surface area is 123 Å². The van der Waals surface area contributed by atoms with Gasteiger partial charge < -0.3 is 19.1 Å². The number of hydrogen-bond donors (Lipinski definition) is 0. The Morgan fingerprint density at radius 1 is 1.33 bits per heavy atom. The molecule has 21 heavy (non-hydrogen) atoms. The second-order valence-electron chi connectivity index (χ2n) is 5.53. The fourth-order valence-corrected chi connectivity index (χ4v) is 2.77. The van der Waals surface area contributed by atoms with Crippen LogP contribution in [0.4, 0.5) is 5.82 Å². The summed E-state index contributed by atoms with van der Waals surface area (Å²) in [5.74, 6) is 0.668. The molecule has 2 fully saturated rings. The Morgan fingerprint density at radius 3 is 2.81 bits per heavy atom. The van der Waals surface area contributed by atoms with Gasteiger partial charge in [-0.2, -0.15) is 0 Å². The number of anilines is 1. The lowest BCUT2D eigenvalue weighted by Gasteiger charge is -2.34. The summed E-state index contributed by atoms with van der Waals surface area (Å²) in [5.41, 5.74) is -0.103. The Morgan fingerprint density at radius 2 is 2.10 bits per heavy atom. The number of carbonyl (C=O) groups excluding carboxylic acids is 1. The molecule has 1 aromatic heterocycles. The molecule has 3 rings (SSSR count). The molecule has 1 amide bonds. The van der Waals surface area contributed by atoms with Gasteiger partial charge in [0.25, 0.3) is 11.5 Å². The van der Waals surface area contributed by atoms with Crippen LogP contribution < -0.4 is 10.5 Å². The number of hydrogen-bond acceptors (Lipinski definition) is 5. The topological polar surface area (TPSA) is 67.7 Å². The monoisotopic (exact) mass is 292 g/mol. The quantitative estimate of drug-likeness (QED) is 0.742. The van der Waals surface area contributed by atoms with Crippen LogP contribution in [0.1, 0.15) is 12.8 Å².